The number of carbonyl (C=O) groups excluding carboxylic acids is 2. The maximum Gasteiger partial charge on any atom is 0.412 e. The van der Waals surface area contributed by atoms with Gasteiger partial charge < -0.3 is 19.7 Å². The molecule has 5 fully saturated rings. The summed E-state index contributed by atoms with van der Waals surface area (Å²) in [5, 5.41) is 15.7. The fraction of sp³-hybridized carbons (Fsp3) is 0.640. The van der Waals surface area contributed by atoms with Gasteiger partial charge in [0.25, 0.3) is 0 Å². The topological polar surface area (TPSA) is 104 Å². The van der Waals surface area contributed by atoms with Crippen LogP contribution in [0, 0.1) is 23.2 Å². The molecule has 8 heteroatoms. The third kappa shape index (κ3) is 4.39. The van der Waals surface area contributed by atoms with E-state index in [1.54, 1.807) is 36.3 Å². The monoisotopic (exact) mass is 452 g/mol. The number of rotatable bonds is 6. The average Bonchev–Trinajstić information content (AvgIpc) is 3.26. The van der Waals surface area contributed by atoms with Crippen LogP contribution >= 0.6 is 0 Å². The number of hydrogen-bond acceptors (Lipinski definition) is 6. The Kier molecular flexibility index (Phi) is 5.69. The number of nitriles is 1. The molecule has 0 aromatic heterocycles. The van der Waals surface area contributed by atoms with Gasteiger partial charge in [0.15, 0.2) is 0 Å². The molecule has 0 radical (unpaired) electrons. The van der Waals surface area contributed by atoms with E-state index < -0.39 is 11.7 Å². The molecule has 2 unspecified atom stereocenters. The highest BCUT2D eigenvalue weighted by Crippen LogP contribution is 2.59. The van der Waals surface area contributed by atoms with Gasteiger partial charge >= 0.3 is 6.09 Å². The maximum absolute atomic E-state index is 12.8. The minimum atomic E-state index is -0.487. The molecule has 6 rings (SSSR count). The number of carbonyl (C=O) groups is 2. The van der Waals surface area contributed by atoms with Crippen LogP contribution < -0.4 is 15.4 Å². The summed E-state index contributed by atoms with van der Waals surface area (Å²) in [5.41, 5.74) is 0.00301. The summed E-state index contributed by atoms with van der Waals surface area (Å²) in [6, 6.07) is 9.13. The Bertz CT molecular complexity index is 942. The molecule has 3 atom stereocenters. The molecule has 1 aromatic rings. The quantitative estimate of drug-likeness (QED) is 0.685. The molecule has 2 N–H and O–H groups in total. The number of amides is 2. The molecule has 1 aliphatic heterocycles. The summed E-state index contributed by atoms with van der Waals surface area (Å²) >= 11 is 0. The molecule has 4 saturated carbocycles. The molecule has 33 heavy (non-hydrogen) atoms. The van der Waals surface area contributed by atoms with E-state index in [0.29, 0.717) is 24.1 Å². The zero-order valence-electron chi connectivity index (χ0n) is 19.1. The highest BCUT2D eigenvalue weighted by Gasteiger charge is 2.59. The van der Waals surface area contributed by atoms with Crippen LogP contribution in [0.25, 0.3) is 0 Å². The minimum absolute atomic E-state index is 0.00186. The highest BCUT2D eigenvalue weighted by atomic mass is 16.6. The van der Waals surface area contributed by atoms with Gasteiger partial charge in [0.1, 0.15) is 17.4 Å². The standard InChI is InChI=1S/C25H32N4O4/c1-32-21-6-4-19(5-7-21)28-23(31)33-25-12-17-9-18(13-25)11-24(10-17,16-25)27-15-22(30)29-8-2-3-20(29)14-26/h4-7,17-18,20,27H,2-3,8-13,15-16H2,1H3,(H,28,31)/t17?,18?,20-,24?,25?/m0/s1. The van der Waals surface area contributed by atoms with E-state index in [-0.39, 0.29) is 24.0 Å². The van der Waals surface area contributed by atoms with Crippen molar-refractivity contribution in [3.05, 3.63) is 24.3 Å². The molecule has 176 valence electrons. The van der Waals surface area contributed by atoms with Crippen molar-refractivity contribution in [3.8, 4) is 11.8 Å². The van der Waals surface area contributed by atoms with Gasteiger partial charge in [-0.3, -0.25) is 10.1 Å². The van der Waals surface area contributed by atoms with Crippen LogP contribution in [0.2, 0.25) is 0 Å². The second-order valence-electron chi connectivity index (χ2n) is 10.4. The predicted octanol–water partition coefficient (Wildman–Crippen LogP) is 3.44. The van der Waals surface area contributed by atoms with Crippen molar-refractivity contribution in [1.29, 1.82) is 5.26 Å². The molecule has 1 saturated heterocycles. The first-order valence-corrected chi connectivity index (χ1v) is 12.0. The average molecular weight is 453 g/mol. The smallest absolute Gasteiger partial charge is 0.412 e. The Balaban J connectivity index is 1.23. The van der Waals surface area contributed by atoms with Gasteiger partial charge in [-0.25, -0.2) is 4.79 Å². The Morgan fingerprint density at radius 1 is 1.18 bits per heavy atom. The van der Waals surface area contributed by atoms with Crippen LogP contribution in [-0.4, -0.2) is 54.3 Å². The predicted molar refractivity (Wildman–Crippen MR) is 122 cm³/mol. The second-order valence-corrected chi connectivity index (χ2v) is 10.4. The van der Waals surface area contributed by atoms with Gasteiger partial charge in [-0.15, -0.1) is 0 Å². The van der Waals surface area contributed by atoms with Crippen LogP contribution in [0.15, 0.2) is 24.3 Å². The van der Waals surface area contributed by atoms with E-state index in [4.69, 9.17) is 9.47 Å². The maximum atomic E-state index is 12.8. The van der Waals surface area contributed by atoms with E-state index in [1.165, 1.54) is 6.42 Å². The second kappa shape index (κ2) is 8.53. The Morgan fingerprint density at radius 3 is 2.58 bits per heavy atom. The molecule has 4 aliphatic carbocycles. The van der Waals surface area contributed by atoms with Crippen molar-refractivity contribution >= 4 is 17.7 Å². The molecule has 1 heterocycles. The number of nitrogens with one attached hydrogen (secondary N) is 2. The third-order valence-electron chi connectivity index (χ3n) is 7.99. The van der Waals surface area contributed by atoms with Crippen LogP contribution in [0.1, 0.15) is 51.4 Å². The third-order valence-corrected chi connectivity index (χ3v) is 7.99. The lowest BCUT2D eigenvalue weighted by molar-refractivity contribution is -0.146. The Morgan fingerprint density at radius 2 is 1.91 bits per heavy atom. The number of ether oxygens (including phenoxy) is 2. The molecule has 4 bridgehead atoms. The number of likely N-dealkylation sites (tertiary alicyclic amines) is 1. The fourth-order valence-corrected chi connectivity index (χ4v) is 7.08. The highest BCUT2D eigenvalue weighted by molar-refractivity contribution is 5.85. The largest absolute Gasteiger partial charge is 0.497 e. The number of anilines is 1. The number of methoxy groups -OCH3 is 1. The van der Waals surface area contributed by atoms with Gasteiger partial charge in [-0.2, -0.15) is 5.26 Å². The number of benzene rings is 1. The first-order chi connectivity index (χ1) is 15.9. The molecule has 8 nitrogen and oxygen atoms in total. The summed E-state index contributed by atoms with van der Waals surface area (Å²) < 4.78 is 11.3. The molecular formula is C25H32N4O4. The lowest BCUT2D eigenvalue weighted by Crippen LogP contribution is -2.66. The van der Waals surface area contributed by atoms with Crippen molar-refractivity contribution in [2.45, 2.75) is 68.5 Å². The van der Waals surface area contributed by atoms with Crippen molar-refractivity contribution in [1.82, 2.24) is 10.2 Å². The van der Waals surface area contributed by atoms with Gasteiger partial charge in [0.05, 0.1) is 19.7 Å². The van der Waals surface area contributed by atoms with E-state index in [2.05, 4.69) is 16.7 Å². The van der Waals surface area contributed by atoms with Crippen LogP contribution in [0.4, 0.5) is 10.5 Å². The van der Waals surface area contributed by atoms with E-state index in [0.717, 1.165) is 50.7 Å². The van der Waals surface area contributed by atoms with Crippen molar-refractivity contribution < 1.29 is 19.1 Å². The van der Waals surface area contributed by atoms with Gasteiger partial charge in [0, 0.05) is 24.2 Å². The first kappa shape index (κ1) is 22.0. The van der Waals surface area contributed by atoms with Crippen LogP contribution in [-0.2, 0) is 9.53 Å². The van der Waals surface area contributed by atoms with E-state index in [1.807, 2.05) is 0 Å². The molecule has 1 aromatic carbocycles. The zero-order valence-corrected chi connectivity index (χ0v) is 19.1. The summed E-state index contributed by atoms with van der Waals surface area (Å²) in [7, 11) is 1.61. The van der Waals surface area contributed by atoms with Gasteiger partial charge in [-0.05, 0) is 81.0 Å². The van der Waals surface area contributed by atoms with Crippen molar-refractivity contribution in [2.24, 2.45) is 11.8 Å². The molecule has 5 aliphatic rings. The number of nitrogens with zero attached hydrogens (tertiary/aromatic N) is 2. The number of hydrogen-bond donors (Lipinski definition) is 2. The molecule has 2 amide bonds. The van der Waals surface area contributed by atoms with Crippen molar-refractivity contribution in [2.75, 3.05) is 25.5 Å². The molecular weight excluding hydrogens is 420 g/mol. The summed E-state index contributed by atoms with van der Waals surface area (Å²) in [5.74, 6) is 1.73. The summed E-state index contributed by atoms with van der Waals surface area (Å²) in [6.07, 6.45) is 6.94. The minimum Gasteiger partial charge on any atom is -0.497 e. The van der Waals surface area contributed by atoms with Crippen LogP contribution in [0.3, 0.4) is 0 Å². The summed E-state index contributed by atoms with van der Waals surface area (Å²) in [4.78, 5) is 27.3. The fourth-order valence-electron chi connectivity index (χ4n) is 7.08. The first-order valence-electron chi connectivity index (χ1n) is 12.0. The molecule has 0 spiro atoms. The van der Waals surface area contributed by atoms with Gasteiger partial charge in [0.2, 0.25) is 5.91 Å². The lowest BCUT2D eigenvalue weighted by Gasteiger charge is -2.61. The van der Waals surface area contributed by atoms with Gasteiger partial charge in [-0.1, -0.05) is 0 Å². The normalized spacial score (nSPS) is 34.1. The van der Waals surface area contributed by atoms with E-state index in [9.17, 15) is 14.9 Å². The SMILES string of the molecule is COc1ccc(NC(=O)OC23CC4CC(CC(NCC(=O)N5CCC[C@H]5C#N)(C4)C2)C3)cc1. The van der Waals surface area contributed by atoms with Crippen molar-refractivity contribution in [3.63, 3.8) is 0 Å². The Labute approximate surface area is 194 Å². The lowest BCUT2D eigenvalue weighted by atomic mass is 9.51. The zero-order chi connectivity index (χ0) is 23.1. The van der Waals surface area contributed by atoms with Crippen LogP contribution in [0.5, 0.6) is 5.75 Å². The Hall–Kier alpha value is -2.79. The van der Waals surface area contributed by atoms with E-state index >= 15 is 0 Å². The summed E-state index contributed by atoms with van der Waals surface area (Å²) in [6.45, 7) is 0.904.